The first-order valence-corrected chi connectivity index (χ1v) is 11.6. The highest BCUT2D eigenvalue weighted by Gasteiger charge is 2.32. The Bertz CT molecular complexity index is 809. The topological polar surface area (TPSA) is 57.7 Å². The maximum absolute atomic E-state index is 13.3. The molecule has 1 saturated heterocycles. The first-order valence-electron chi connectivity index (χ1n) is 9.88. The predicted molar refractivity (Wildman–Crippen MR) is 110 cm³/mol. The fraction of sp³-hybridized carbons (Fsp3) is 0.571. The standard InChI is InChI=1S/C21H30N2O3S/c1-17-8-9-19(14-18(17)2)23(20-10-13-27(25,26)16-20)21(24)15-22-11-6-4-3-5-7-12-22/h8-10,13-14,20H,3-7,11-12,15-16H2,1-2H3/t20-/m1/s1. The Balaban J connectivity index is 1.83. The molecule has 0 N–H and O–H groups in total. The van der Waals surface area contributed by atoms with E-state index in [0.29, 0.717) is 6.54 Å². The third-order valence-electron chi connectivity index (χ3n) is 5.59. The molecule has 0 aromatic heterocycles. The van der Waals surface area contributed by atoms with E-state index in [2.05, 4.69) is 4.90 Å². The van der Waals surface area contributed by atoms with Crippen LogP contribution in [-0.2, 0) is 14.6 Å². The maximum atomic E-state index is 13.3. The zero-order valence-electron chi connectivity index (χ0n) is 16.4. The average molecular weight is 391 g/mol. The highest BCUT2D eigenvalue weighted by molar-refractivity contribution is 7.94. The van der Waals surface area contributed by atoms with Crippen LogP contribution < -0.4 is 4.90 Å². The lowest BCUT2D eigenvalue weighted by Crippen LogP contribution is -2.47. The minimum Gasteiger partial charge on any atom is -0.303 e. The monoisotopic (exact) mass is 390 g/mol. The summed E-state index contributed by atoms with van der Waals surface area (Å²) in [6.45, 7) is 6.26. The van der Waals surface area contributed by atoms with E-state index < -0.39 is 15.9 Å². The van der Waals surface area contributed by atoms with E-state index in [4.69, 9.17) is 0 Å². The van der Waals surface area contributed by atoms with Gasteiger partial charge >= 0.3 is 0 Å². The van der Waals surface area contributed by atoms with Crippen molar-refractivity contribution in [2.24, 2.45) is 0 Å². The molecule has 1 aromatic carbocycles. The zero-order chi connectivity index (χ0) is 19.4. The molecule has 0 bridgehead atoms. The summed E-state index contributed by atoms with van der Waals surface area (Å²) in [4.78, 5) is 17.2. The maximum Gasteiger partial charge on any atom is 0.241 e. The summed E-state index contributed by atoms with van der Waals surface area (Å²) in [5.74, 6) is -0.0587. The molecule has 0 unspecified atom stereocenters. The predicted octanol–water partition coefficient (Wildman–Crippen LogP) is 3.21. The van der Waals surface area contributed by atoms with Gasteiger partial charge in [0.05, 0.1) is 18.3 Å². The Morgan fingerprint density at radius 2 is 1.74 bits per heavy atom. The molecule has 0 saturated carbocycles. The van der Waals surface area contributed by atoms with Crippen molar-refractivity contribution in [1.82, 2.24) is 4.90 Å². The first-order chi connectivity index (χ1) is 12.9. The lowest BCUT2D eigenvalue weighted by Gasteiger charge is -2.31. The number of hydrogen-bond acceptors (Lipinski definition) is 4. The van der Waals surface area contributed by atoms with Crippen molar-refractivity contribution < 1.29 is 13.2 Å². The number of aryl methyl sites for hydroxylation is 2. The Morgan fingerprint density at radius 1 is 1.07 bits per heavy atom. The van der Waals surface area contributed by atoms with E-state index in [9.17, 15) is 13.2 Å². The molecular weight excluding hydrogens is 360 g/mol. The molecule has 6 heteroatoms. The van der Waals surface area contributed by atoms with Crippen LogP contribution in [0.1, 0.15) is 43.2 Å². The van der Waals surface area contributed by atoms with Gasteiger partial charge in [-0.15, -0.1) is 0 Å². The number of carbonyl (C=O) groups is 1. The Kier molecular flexibility index (Phi) is 6.37. The molecule has 0 radical (unpaired) electrons. The van der Waals surface area contributed by atoms with Crippen molar-refractivity contribution in [3.8, 4) is 0 Å². The van der Waals surface area contributed by atoms with Gasteiger partial charge in [-0.25, -0.2) is 8.42 Å². The lowest BCUT2D eigenvalue weighted by atomic mass is 10.1. The average Bonchev–Trinajstić information content (AvgIpc) is 2.93. The van der Waals surface area contributed by atoms with Crippen LogP contribution in [0.5, 0.6) is 0 Å². The van der Waals surface area contributed by atoms with Crippen LogP contribution >= 0.6 is 0 Å². The molecule has 0 aliphatic carbocycles. The summed E-state index contributed by atoms with van der Waals surface area (Å²) in [6.07, 6.45) is 7.60. The van der Waals surface area contributed by atoms with Crippen LogP contribution in [0.25, 0.3) is 0 Å². The zero-order valence-corrected chi connectivity index (χ0v) is 17.2. The van der Waals surface area contributed by atoms with Gasteiger partial charge < -0.3 is 4.90 Å². The van der Waals surface area contributed by atoms with E-state index in [1.807, 2.05) is 32.0 Å². The van der Waals surface area contributed by atoms with Crippen molar-refractivity contribution in [3.05, 3.63) is 40.8 Å². The fourth-order valence-corrected chi connectivity index (χ4v) is 5.12. The third-order valence-corrected chi connectivity index (χ3v) is 6.97. The molecule has 1 atom stereocenters. The Morgan fingerprint density at radius 3 is 2.33 bits per heavy atom. The lowest BCUT2D eigenvalue weighted by molar-refractivity contribution is -0.120. The molecule has 5 nitrogen and oxygen atoms in total. The summed E-state index contributed by atoms with van der Waals surface area (Å²) in [5, 5.41) is 1.25. The number of benzene rings is 1. The van der Waals surface area contributed by atoms with E-state index in [-0.39, 0.29) is 11.7 Å². The normalized spacial score (nSPS) is 23.0. The molecule has 1 amide bonds. The summed E-state index contributed by atoms with van der Waals surface area (Å²) >= 11 is 0. The van der Waals surface area contributed by atoms with E-state index in [0.717, 1.165) is 42.7 Å². The molecule has 148 valence electrons. The highest BCUT2D eigenvalue weighted by Crippen LogP contribution is 2.25. The van der Waals surface area contributed by atoms with Gasteiger partial charge in [-0.3, -0.25) is 9.69 Å². The number of carbonyl (C=O) groups excluding carboxylic acids is 1. The molecule has 0 spiro atoms. The van der Waals surface area contributed by atoms with Crippen molar-refractivity contribution in [2.75, 3.05) is 30.3 Å². The van der Waals surface area contributed by atoms with Gasteiger partial charge in [-0.2, -0.15) is 0 Å². The number of anilines is 1. The second-order valence-electron chi connectivity index (χ2n) is 7.80. The molecule has 2 heterocycles. The number of sulfone groups is 1. The minimum atomic E-state index is -3.23. The molecule has 3 rings (SSSR count). The van der Waals surface area contributed by atoms with E-state index in [1.165, 1.54) is 24.7 Å². The fourth-order valence-electron chi connectivity index (χ4n) is 3.85. The number of nitrogens with zero attached hydrogens (tertiary/aromatic N) is 2. The molecule has 2 aliphatic heterocycles. The summed E-state index contributed by atoms with van der Waals surface area (Å²) in [7, 11) is -3.23. The number of likely N-dealkylation sites (tertiary alicyclic amines) is 1. The minimum absolute atomic E-state index is 0.0226. The largest absolute Gasteiger partial charge is 0.303 e. The molecule has 2 aliphatic rings. The molecule has 1 fully saturated rings. The van der Waals surface area contributed by atoms with Crippen LogP contribution in [-0.4, -0.2) is 50.7 Å². The summed E-state index contributed by atoms with van der Waals surface area (Å²) < 4.78 is 23.9. The quantitative estimate of drug-likeness (QED) is 0.792. The van der Waals surface area contributed by atoms with Crippen LogP contribution in [0.4, 0.5) is 5.69 Å². The summed E-state index contributed by atoms with van der Waals surface area (Å²) in [5.41, 5.74) is 3.03. The van der Waals surface area contributed by atoms with Crippen molar-refractivity contribution in [3.63, 3.8) is 0 Å². The van der Waals surface area contributed by atoms with Crippen LogP contribution in [0.2, 0.25) is 0 Å². The SMILES string of the molecule is Cc1ccc(N(C(=O)CN2CCCCCCC2)[C@@H]2C=CS(=O)(=O)C2)cc1C. The van der Waals surface area contributed by atoms with Crippen LogP contribution in [0.3, 0.4) is 0 Å². The Labute approximate surface area is 163 Å². The van der Waals surface area contributed by atoms with Crippen LogP contribution in [0.15, 0.2) is 29.7 Å². The number of rotatable bonds is 4. The van der Waals surface area contributed by atoms with Gasteiger partial charge in [0.2, 0.25) is 5.91 Å². The van der Waals surface area contributed by atoms with Gasteiger partial charge in [0.25, 0.3) is 0 Å². The third kappa shape index (κ3) is 5.20. The van der Waals surface area contributed by atoms with Crippen LogP contribution in [0, 0.1) is 13.8 Å². The number of amides is 1. The van der Waals surface area contributed by atoms with Gasteiger partial charge in [-0.05, 0) is 69.1 Å². The highest BCUT2D eigenvalue weighted by atomic mass is 32.2. The molecule has 27 heavy (non-hydrogen) atoms. The molecular formula is C21H30N2O3S. The summed E-state index contributed by atoms with van der Waals surface area (Å²) in [6, 6.07) is 5.47. The van der Waals surface area contributed by atoms with E-state index >= 15 is 0 Å². The van der Waals surface area contributed by atoms with Crippen molar-refractivity contribution in [2.45, 2.75) is 52.0 Å². The Hall–Kier alpha value is -1.66. The number of hydrogen-bond donors (Lipinski definition) is 0. The van der Waals surface area contributed by atoms with Gasteiger partial charge in [0.15, 0.2) is 9.84 Å². The molecule has 1 aromatic rings. The second-order valence-corrected chi connectivity index (χ2v) is 9.73. The van der Waals surface area contributed by atoms with Crippen molar-refractivity contribution in [1.29, 1.82) is 0 Å². The van der Waals surface area contributed by atoms with Gasteiger partial charge in [0, 0.05) is 11.1 Å². The second kappa shape index (κ2) is 8.57. The van der Waals surface area contributed by atoms with Crippen molar-refractivity contribution >= 4 is 21.4 Å². The van der Waals surface area contributed by atoms with Gasteiger partial charge in [0.1, 0.15) is 0 Å². The van der Waals surface area contributed by atoms with Gasteiger partial charge in [-0.1, -0.05) is 25.3 Å². The first kappa shape index (κ1) is 20.1. The smallest absolute Gasteiger partial charge is 0.241 e. The van der Waals surface area contributed by atoms with E-state index in [1.54, 1.807) is 11.0 Å².